The number of urea groups is 1. The molecule has 0 aromatic carbocycles. The SMILES string of the molecule is CCC1CCC(NC(N)=O)(C(N)=S)CC1. The average Bonchev–Trinajstić information content (AvgIpc) is 2.17. The molecule has 0 aromatic heterocycles. The lowest BCUT2D eigenvalue weighted by molar-refractivity contribution is 0.219. The number of rotatable bonds is 3. The summed E-state index contributed by atoms with van der Waals surface area (Å²) in [7, 11) is 0. The van der Waals surface area contributed by atoms with Gasteiger partial charge >= 0.3 is 6.03 Å². The van der Waals surface area contributed by atoms with Crippen molar-refractivity contribution >= 4 is 23.2 Å². The van der Waals surface area contributed by atoms with E-state index in [-0.39, 0.29) is 0 Å². The van der Waals surface area contributed by atoms with Crippen molar-refractivity contribution in [3.63, 3.8) is 0 Å². The number of nitrogens with two attached hydrogens (primary N) is 2. The zero-order valence-electron chi connectivity index (χ0n) is 9.08. The van der Waals surface area contributed by atoms with E-state index in [4.69, 9.17) is 23.7 Å². The lowest BCUT2D eigenvalue weighted by Crippen LogP contribution is -2.59. The molecule has 2 amide bonds. The van der Waals surface area contributed by atoms with Crippen LogP contribution in [0.3, 0.4) is 0 Å². The summed E-state index contributed by atoms with van der Waals surface area (Å²) < 4.78 is 0. The van der Waals surface area contributed by atoms with E-state index in [1.807, 2.05) is 0 Å². The van der Waals surface area contributed by atoms with Crippen LogP contribution < -0.4 is 16.8 Å². The van der Waals surface area contributed by atoms with Crippen molar-refractivity contribution in [3.8, 4) is 0 Å². The topological polar surface area (TPSA) is 81.1 Å². The smallest absolute Gasteiger partial charge is 0.312 e. The summed E-state index contributed by atoms with van der Waals surface area (Å²) in [6.07, 6.45) is 4.89. The maximum absolute atomic E-state index is 10.9. The summed E-state index contributed by atoms with van der Waals surface area (Å²) in [6.45, 7) is 2.18. The maximum Gasteiger partial charge on any atom is 0.312 e. The Kier molecular flexibility index (Phi) is 3.90. The third-order valence-electron chi connectivity index (χ3n) is 3.37. The van der Waals surface area contributed by atoms with Crippen LogP contribution in [0.1, 0.15) is 39.0 Å². The van der Waals surface area contributed by atoms with Crippen molar-refractivity contribution in [2.24, 2.45) is 17.4 Å². The molecule has 0 unspecified atom stereocenters. The van der Waals surface area contributed by atoms with E-state index in [1.165, 1.54) is 6.42 Å². The highest BCUT2D eigenvalue weighted by atomic mass is 32.1. The molecule has 5 heteroatoms. The Morgan fingerprint density at radius 1 is 1.47 bits per heavy atom. The summed E-state index contributed by atoms with van der Waals surface area (Å²) in [6, 6.07) is -0.544. The van der Waals surface area contributed by atoms with E-state index in [0.717, 1.165) is 31.6 Å². The number of amides is 2. The van der Waals surface area contributed by atoms with Crippen molar-refractivity contribution < 1.29 is 4.79 Å². The van der Waals surface area contributed by atoms with Gasteiger partial charge in [0.15, 0.2) is 0 Å². The molecule has 1 aliphatic carbocycles. The fourth-order valence-corrected chi connectivity index (χ4v) is 2.50. The van der Waals surface area contributed by atoms with Crippen LogP contribution in [0.25, 0.3) is 0 Å². The number of carbonyl (C=O) groups is 1. The van der Waals surface area contributed by atoms with Gasteiger partial charge in [0.1, 0.15) is 0 Å². The van der Waals surface area contributed by atoms with Crippen molar-refractivity contribution in [2.45, 2.75) is 44.6 Å². The second-order valence-electron chi connectivity index (χ2n) is 4.29. The highest BCUT2D eigenvalue weighted by molar-refractivity contribution is 7.80. The van der Waals surface area contributed by atoms with Crippen molar-refractivity contribution in [3.05, 3.63) is 0 Å². The first-order valence-corrected chi connectivity index (χ1v) is 5.78. The van der Waals surface area contributed by atoms with Crippen LogP contribution >= 0.6 is 12.2 Å². The summed E-state index contributed by atoms with van der Waals surface area (Å²) in [5, 5.41) is 2.71. The van der Waals surface area contributed by atoms with Crippen molar-refractivity contribution in [2.75, 3.05) is 0 Å². The summed E-state index contributed by atoms with van der Waals surface area (Å²) in [5.41, 5.74) is 10.3. The molecule has 1 saturated carbocycles. The molecule has 4 nitrogen and oxygen atoms in total. The van der Waals surface area contributed by atoms with Gasteiger partial charge in [-0.15, -0.1) is 0 Å². The molecule has 0 aliphatic heterocycles. The van der Waals surface area contributed by atoms with Gasteiger partial charge in [0, 0.05) is 0 Å². The number of primary amides is 1. The van der Waals surface area contributed by atoms with E-state index >= 15 is 0 Å². The number of nitrogens with one attached hydrogen (secondary N) is 1. The molecule has 15 heavy (non-hydrogen) atoms. The molecule has 0 atom stereocenters. The van der Waals surface area contributed by atoms with E-state index in [9.17, 15) is 4.79 Å². The van der Waals surface area contributed by atoms with Gasteiger partial charge in [0.2, 0.25) is 0 Å². The van der Waals surface area contributed by atoms with Gasteiger partial charge in [-0.3, -0.25) is 0 Å². The third kappa shape index (κ3) is 2.81. The first-order valence-electron chi connectivity index (χ1n) is 5.37. The number of hydrogen-bond donors (Lipinski definition) is 3. The summed E-state index contributed by atoms with van der Waals surface area (Å²) >= 11 is 5.03. The minimum atomic E-state index is -0.544. The lowest BCUT2D eigenvalue weighted by atomic mass is 9.75. The normalized spacial score (nSPS) is 30.9. The largest absolute Gasteiger partial charge is 0.391 e. The Bertz CT molecular complexity index is 259. The molecule has 0 spiro atoms. The molecule has 0 saturated heterocycles. The first-order chi connectivity index (χ1) is 7.00. The second-order valence-corrected chi connectivity index (χ2v) is 4.73. The van der Waals surface area contributed by atoms with E-state index < -0.39 is 11.6 Å². The fourth-order valence-electron chi connectivity index (χ4n) is 2.25. The quantitative estimate of drug-likeness (QED) is 0.638. The number of carbonyl (C=O) groups excluding carboxylic acids is 1. The Hall–Kier alpha value is -0.840. The van der Waals surface area contributed by atoms with Crippen LogP contribution in [0.4, 0.5) is 4.79 Å². The predicted molar refractivity (Wildman–Crippen MR) is 64.5 cm³/mol. The molecule has 0 heterocycles. The second kappa shape index (κ2) is 4.79. The molecule has 0 aromatic rings. The Morgan fingerprint density at radius 2 is 2.00 bits per heavy atom. The molecule has 86 valence electrons. The standard InChI is InChI=1S/C10H19N3OS/c1-2-7-3-5-10(6-4-7,8(11)15)13-9(12)14/h7H,2-6H2,1H3,(H2,11,15)(H3,12,13,14). The molecule has 5 N–H and O–H groups in total. The minimum Gasteiger partial charge on any atom is -0.391 e. The van der Waals surface area contributed by atoms with Crippen molar-refractivity contribution in [1.29, 1.82) is 0 Å². The van der Waals surface area contributed by atoms with Crippen LogP contribution in [0.15, 0.2) is 0 Å². The summed E-state index contributed by atoms with van der Waals surface area (Å²) in [4.78, 5) is 11.3. The number of thiocarbonyl (C=S) groups is 1. The highest BCUT2D eigenvalue weighted by Gasteiger charge is 2.38. The number of hydrogen-bond acceptors (Lipinski definition) is 2. The van der Waals surface area contributed by atoms with Gasteiger partial charge in [0.25, 0.3) is 0 Å². The molecule has 0 bridgehead atoms. The monoisotopic (exact) mass is 229 g/mol. The van der Waals surface area contributed by atoms with E-state index in [1.54, 1.807) is 0 Å². The Labute approximate surface area is 95.8 Å². The van der Waals surface area contributed by atoms with Crippen molar-refractivity contribution in [1.82, 2.24) is 5.32 Å². The van der Waals surface area contributed by atoms with Gasteiger partial charge in [-0.2, -0.15) is 0 Å². The average molecular weight is 229 g/mol. The van der Waals surface area contributed by atoms with Gasteiger partial charge in [-0.05, 0) is 31.6 Å². The fraction of sp³-hybridized carbons (Fsp3) is 0.800. The van der Waals surface area contributed by atoms with Crippen LogP contribution in [0.5, 0.6) is 0 Å². The zero-order valence-corrected chi connectivity index (χ0v) is 9.90. The van der Waals surface area contributed by atoms with Gasteiger partial charge < -0.3 is 16.8 Å². The van der Waals surface area contributed by atoms with E-state index in [0.29, 0.717) is 4.99 Å². The molecular formula is C10H19N3OS. The third-order valence-corrected chi connectivity index (χ3v) is 3.76. The molecular weight excluding hydrogens is 210 g/mol. The van der Waals surface area contributed by atoms with Crippen LogP contribution in [0, 0.1) is 5.92 Å². The van der Waals surface area contributed by atoms with Gasteiger partial charge in [0.05, 0.1) is 10.5 Å². The Morgan fingerprint density at radius 3 is 2.33 bits per heavy atom. The zero-order chi connectivity index (χ0) is 11.5. The summed E-state index contributed by atoms with van der Waals surface area (Å²) in [5.74, 6) is 0.724. The Balaban J connectivity index is 2.69. The van der Waals surface area contributed by atoms with E-state index in [2.05, 4.69) is 12.2 Å². The van der Waals surface area contributed by atoms with Crippen LogP contribution in [-0.4, -0.2) is 16.6 Å². The molecule has 1 rings (SSSR count). The van der Waals surface area contributed by atoms with Gasteiger partial charge in [-0.1, -0.05) is 25.6 Å². The van der Waals surface area contributed by atoms with Crippen LogP contribution in [-0.2, 0) is 0 Å². The lowest BCUT2D eigenvalue weighted by Gasteiger charge is -2.39. The highest BCUT2D eigenvalue weighted by Crippen LogP contribution is 2.33. The molecule has 1 fully saturated rings. The minimum absolute atomic E-state index is 0.357. The molecule has 0 radical (unpaired) electrons. The first kappa shape index (κ1) is 12.2. The molecule has 1 aliphatic rings. The van der Waals surface area contributed by atoms with Gasteiger partial charge in [-0.25, -0.2) is 4.79 Å². The van der Waals surface area contributed by atoms with Crippen LogP contribution in [0.2, 0.25) is 0 Å². The maximum atomic E-state index is 10.9. The predicted octanol–water partition coefficient (Wildman–Crippen LogP) is 1.28.